The highest BCUT2D eigenvalue weighted by molar-refractivity contribution is 5.92. The van der Waals surface area contributed by atoms with Gasteiger partial charge in [0.15, 0.2) is 0 Å². The average molecular weight is 330 g/mol. The van der Waals surface area contributed by atoms with Crippen LogP contribution in [0.1, 0.15) is 23.0 Å². The van der Waals surface area contributed by atoms with E-state index in [1.54, 1.807) is 0 Å². The zero-order valence-electron chi connectivity index (χ0n) is 13.7. The third-order valence-electron chi connectivity index (χ3n) is 4.28. The van der Waals surface area contributed by atoms with E-state index in [0.717, 1.165) is 25.2 Å². The van der Waals surface area contributed by atoms with Crippen LogP contribution in [0.3, 0.4) is 0 Å². The van der Waals surface area contributed by atoms with Crippen molar-refractivity contribution in [1.82, 2.24) is 30.0 Å². The number of hydrogen-bond acceptors (Lipinski definition) is 6. The van der Waals surface area contributed by atoms with Crippen LogP contribution < -0.4 is 5.32 Å². The van der Waals surface area contributed by atoms with Gasteiger partial charge in [-0.3, -0.25) is 19.4 Å². The van der Waals surface area contributed by atoms with Gasteiger partial charge in [0.2, 0.25) is 0 Å². The standard InChI is InChI=1S/C16H22N6O2/c1-2-22-8-12(5-19-22)7-21-9-13(11-23)15(10-21)20-16(24)14-6-17-3-4-18-14/h3-6,8,13,15,23H,2,7,9-11H2,1H3,(H,20,24)/t13-,15+/m0/s1. The van der Waals surface area contributed by atoms with Crippen LogP contribution in [0.25, 0.3) is 0 Å². The Labute approximate surface area is 140 Å². The number of carbonyl (C=O) groups excluding carboxylic acids is 1. The van der Waals surface area contributed by atoms with E-state index in [1.807, 2.05) is 24.0 Å². The molecule has 1 aliphatic heterocycles. The molecule has 0 aliphatic carbocycles. The molecule has 1 fully saturated rings. The number of nitrogens with zero attached hydrogens (tertiary/aromatic N) is 5. The Morgan fingerprint density at radius 3 is 2.92 bits per heavy atom. The van der Waals surface area contributed by atoms with Crippen LogP contribution in [0.2, 0.25) is 0 Å². The molecule has 1 aliphatic rings. The Bertz CT molecular complexity index is 674. The first-order chi connectivity index (χ1) is 11.7. The number of nitrogens with one attached hydrogen (secondary N) is 1. The molecule has 1 amide bonds. The van der Waals surface area contributed by atoms with Gasteiger partial charge in [-0.1, -0.05) is 0 Å². The van der Waals surface area contributed by atoms with Crippen molar-refractivity contribution in [2.45, 2.75) is 26.1 Å². The molecule has 3 heterocycles. The van der Waals surface area contributed by atoms with Crippen LogP contribution in [-0.2, 0) is 13.1 Å². The first-order valence-corrected chi connectivity index (χ1v) is 8.11. The van der Waals surface area contributed by atoms with E-state index in [4.69, 9.17) is 0 Å². The lowest BCUT2D eigenvalue weighted by Crippen LogP contribution is -2.41. The second-order valence-corrected chi connectivity index (χ2v) is 6.01. The summed E-state index contributed by atoms with van der Waals surface area (Å²) >= 11 is 0. The monoisotopic (exact) mass is 330 g/mol. The number of carbonyl (C=O) groups is 1. The van der Waals surface area contributed by atoms with E-state index in [9.17, 15) is 9.90 Å². The molecule has 2 N–H and O–H groups in total. The van der Waals surface area contributed by atoms with Crippen LogP contribution in [0.15, 0.2) is 31.0 Å². The van der Waals surface area contributed by atoms with Gasteiger partial charge in [-0.05, 0) is 6.92 Å². The summed E-state index contributed by atoms with van der Waals surface area (Å²) in [6, 6.07) is -0.106. The second-order valence-electron chi connectivity index (χ2n) is 6.01. The Hall–Kier alpha value is -2.32. The third-order valence-corrected chi connectivity index (χ3v) is 4.28. The molecule has 128 valence electrons. The molecule has 0 unspecified atom stereocenters. The maximum absolute atomic E-state index is 12.2. The predicted octanol–water partition coefficient (Wildman–Crippen LogP) is -0.0843. The van der Waals surface area contributed by atoms with Gasteiger partial charge >= 0.3 is 0 Å². The van der Waals surface area contributed by atoms with E-state index >= 15 is 0 Å². The molecular formula is C16H22N6O2. The minimum Gasteiger partial charge on any atom is -0.396 e. The van der Waals surface area contributed by atoms with E-state index in [2.05, 4.69) is 25.3 Å². The molecule has 2 atom stereocenters. The van der Waals surface area contributed by atoms with Crippen molar-refractivity contribution in [2.75, 3.05) is 19.7 Å². The number of rotatable bonds is 6. The normalized spacial score (nSPS) is 21.1. The summed E-state index contributed by atoms with van der Waals surface area (Å²) in [5.41, 5.74) is 1.42. The SMILES string of the molecule is CCn1cc(CN2C[C@@H](CO)[C@H](NC(=O)c3cnccn3)C2)cn1. The largest absolute Gasteiger partial charge is 0.396 e. The number of aliphatic hydroxyl groups is 1. The van der Waals surface area contributed by atoms with E-state index in [1.165, 1.54) is 18.6 Å². The van der Waals surface area contributed by atoms with E-state index < -0.39 is 0 Å². The Balaban J connectivity index is 1.60. The lowest BCUT2D eigenvalue weighted by atomic mass is 10.1. The summed E-state index contributed by atoms with van der Waals surface area (Å²) in [7, 11) is 0. The molecule has 8 nitrogen and oxygen atoms in total. The fourth-order valence-corrected chi connectivity index (χ4v) is 3.02. The molecule has 24 heavy (non-hydrogen) atoms. The zero-order valence-corrected chi connectivity index (χ0v) is 13.7. The first kappa shape index (κ1) is 16.5. The highest BCUT2D eigenvalue weighted by Crippen LogP contribution is 2.19. The molecule has 0 bridgehead atoms. The topological polar surface area (TPSA) is 96.2 Å². The van der Waals surface area contributed by atoms with Gasteiger partial charge in [0.1, 0.15) is 5.69 Å². The van der Waals surface area contributed by atoms with Crippen molar-refractivity contribution in [3.63, 3.8) is 0 Å². The van der Waals surface area contributed by atoms with Crippen LogP contribution in [-0.4, -0.2) is 61.4 Å². The van der Waals surface area contributed by atoms with Gasteiger partial charge in [0, 0.05) is 68.9 Å². The molecule has 0 radical (unpaired) electrons. The predicted molar refractivity (Wildman–Crippen MR) is 87.0 cm³/mol. The summed E-state index contributed by atoms with van der Waals surface area (Å²) < 4.78 is 1.89. The maximum Gasteiger partial charge on any atom is 0.271 e. The third kappa shape index (κ3) is 3.77. The number of aliphatic hydroxyl groups excluding tert-OH is 1. The van der Waals surface area contributed by atoms with Gasteiger partial charge in [-0.2, -0.15) is 5.10 Å². The van der Waals surface area contributed by atoms with E-state index in [0.29, 0.717) is 6.54 Å². The Morgan fingerprint density at radius 2 is 2.25 bits per heavy atom. The summed E-state index contributed by atoms with van der Waals surface area (Å²) in [4.78, 5) is 22.4. The lowest BCUT2D eigenvalue weighted by molar-refractivity contribution is 0.0915. The van der Waals surface area contributed by atoms with Crippen molar-refractivity contribution < 1.29 is 9.90 Å². The van der Waals surface area contributed by atoms with Crippen molar-refractivity contribution >= 4 is 5.91 Å². The number of amides is 1. The Morgan fingerprint density at radius 1 is 1.38 bits per heavy atom. The van der Waals surface area contributed by atoms with Crippen molar-refractivity contribution in [3.8, 4) is 0 Å². The van der Waals surface area contributed by atoms with Crippen molar-refractivity contribution in [1.29, 1.82) is 0 Å². The summed E-state index contributed by atoms with van der Waals surface area (Å²) in [5.74, 6) is -0.251. The maximum atomic E-state index is 12.2. The molecule has 0 spiro atoms. The highest BCUT2D eigenvalue weighted by atomic mass is 16.3. The molecule has 1 saturated heterocycles. The minimum absolute atomic E-state index is 0.00633. The zero-order chi connectivity index (χ0) is 16.9. The molecule has 0 aromatic carbocycles. The minimum atomic E-state index is -0.257. The molecule has 0 saturated carbocycles. The van der Waals surface area contributed by atoms with Crippen LogP contribution in [0, 0.1) is 5.92 Å². The number of likely N-dealkylation sites (tertiary alicyclic amines) is 1. The van der Waals surface area contributed by atoms with Crippen LogP contribution in [0.4, 0.5) is 0 Å². The fourth-order valence-electron chi connectivity index (χ4n) is 3.02. The Kier molecular flexibility index (Phi) is 5.17. The van der Waals surface area contributed by atoms with Gasteiger partial charge in [-0.25, -0.2) is 4.98 Å². The number of hydrogen-bond donors (Lipinski definition) is 2. The van der Waals surface area contributed by atoms with E-state index in [-0.39, 0.29) is 30.2 Å². The quantitative estimate of drug-likeness (QED) is 0.769. The van der Waals surface area contributed by atoms with Crippen LogP contribution in [0.5, 0.6) is 0 Å². The van der Waals surface area contributed by atoms with Gasteiger partial charge in [0.25, 0.3) is 5.91 Å². The summed E-state index contributed by atoms with van der Waals surface area (Å²) in [6.07, 6.45) is 8.35. The van der Waals surface area contributed by atoms with Crippen molar-refractivity contribution in [2.24, 2.45) is 5.92 Å². The van der Waals surface area contributed by atoms with Gasteiger partial charge in [0.05, 0.1) is 12.4 Å². The summed E-state index contributed by atoms with van der Waals surface area (Å²) in [5, 5.41) is 16.9. The fraction of sp³-hybridized carbons (Fsp3) is 0.500. The van der Waals surface area contributed by atoms with Crippen molar-refractivity contribution in [3.05, 3.63) is 42.2 Å². The molecule has 2 aromatic heterocycles. The van der Waals surface area contributed by atoms with Gasteiger partial charge < -0.3 is 10.4 Å². The average Bonchev–Trinajstić information content (AvgIpc) is 3.22. The molecule has 2 aromatic rings. The van der Waals surface area contributed by atoms with Gasteiger partial charge in [-0.15, -0.1) is 0 Å². The molecule has 8 heteroatoms. The smallest absolute Gasteiger partial charge is 0.271 e. The first-order valence-electron chi connectivity index (χ1n) is 8.11. The lowest BCUT2D eigenvalue weighted by Gasteiger charge is -2.17. The highest BCUT2D eigenvalue weighted by Gasteiger charge is 2.33. The van der Waals surface area contributed by atoms with Crippen LogP contribution >= 0.6 is 0 Å². The second kappa shape index (κ2) is 7.50. The summed E-state index contributed by atoms with van der Waals surface area (Å²) in [6.45, 7) is 5.11. The number of aryl methyl sites for hydroxylation is 1. The molecular weight excluding hydrogens is 308 g/mol. The number of aromatic nitrogens is 4. The molecule has 3 rings (SSSR count).